The van der Waals surface area contributed by atoms with Gasteiger partial charge in [0.2, 0.25) is 0 Å². The van der Waals surface area contributed by atoms with Gasteiger partial charge in [-0.15, -0.1) is 0 Å². The smallest absolute Gasteiger partial charge is 0.138 e. The first kappa shape index (κ1) is 12.9. The van der Waals surface area contributed by atoms with E-state index in [0.717, 1.165) is 28.6 Å². The van der Waals surface area contributed by atoms with Crippen LogP contribution in [0.25, 0.3) is 0 Å². The Morgan fingerprint density at radius 1 is 1.29 bits per heavy atom. The van der Waals surface area contributed by atoms with E-state index in [4.69, 9.17) is 10.5 Å². The van der Waals surface area contributed by atoms with E-state index < -0.39 is 0 Å². The van der Waals surface area contributed by atoms with Crippen molar-refractivity contribution in [3.8, 4) is 5.75 Å². The van der Waals surface area contributed by atoms with Crippen molar-refractivity contribution in [2.75, 3.05) is 7.11 Å². The molecule has 0 aliphatic heterocycles. The van der Waals surface area contributed by atoms with E-state index in [9.17, 15) is 0 Å². The van der Waals surface area contributed by atoms with Gasteiger partial charge >= 0.3 is 0 Å². The van der Waals surface area contributed by atoms with Crippen molar-refractivity contribution in [2.24, 2.45) is 5.73 Å². The van der Waals surface area contributed by atoms with Crippen LogP contribution >= 0.6 is 15.9 Å². The fraction of sp³-hybridized carbons (Fsp3) is 0.571. The summed E-state index contributed by atoms with van der Waals surface area (Å²) in [6.45, 7) is 4.04. The van der Waals surface area contributed by atoms with E-state index in [1.54, 1.807) is 7.11 Å². The predicted octanol–water partition coefficient (Wildman–Crippen LogP) is 3.53. The highest BCUT2D eigenvalue weighted by atomic mass is 79.9. The van der Waals surface area contributed by atoms with E-state index in [2.05, 4.69) is 22.0 Å². The third kappa shape index (κ3) is 2.36. The molecular weight excluding hydrogens is 278 g/mol. The van der Waals surface area contributed by atoms with E-state index in [1.165, 1.54) is 24.0 Å². The van der Waals surface area contributed by atoms with Crippen LogP contribution in [-0.4, -0.2) is 7.11 Å². The highest BCUT2D eigenvalue weighted by Crippen LogP contribution is 2.41. The van der Waals surface area contributed by atoms with Crippen LogP contribution in [0.2, 0.25) is 0 Å². The lowest BCUT2D eigenvalue weighted by molar-refractivity contribution is 0.390. The van der Waals surface area contributed by atoms with Crippen LogP contribution in [0.1, 0.15) is 43.4 Å². The summed E-state index contributed by atoms with van der Waals surface area (Å²) < 4.78 is 6.64. The first-order valence-electron chi connectivity index (χ1n) is 6.12. The van der Waals surface area contributed by atoms with Gasteiger partial charge in [0, 0.05) is 11.1 Å². The number of rotatable bonds is 2. The van der Waals surface area contributed by atoms with Gasteiger partial charge in [-0.3, -0.25) is 0 Å². The number of aryl methyl sites for hydroxylation is 1. The molecule has 2 rings (SSSR count). The molecule has 17 heavy (non-hydrogen) atoms. The molecule has 1 aromatic rings. The third-order valence-corrected chi connectivity index (χ3v) is 4.28. The summed E-state index contributed by atoms with van der Waals surface area (Å²) in [6, 6.07) is 2.23. The average molecular weight is 298 g/mol. The molecule has 0 saturated carbocycles. The summed E-state index contributed by atoms with van der Waals surface area (Å²) in [5.74, 6) is 0.901. The van der Waals surface area contributed by atoms with Crippen LogP contribution in [0.15, 0.2) is 10.5 Å². The number of benzene rings is 1. The number of halogens is 1. The Morgan fingerprint density at radius 2 is 1.94 bits per heavy atom. The van der Waals surface area contributed by atoms with E-state index >= 15 is 0 Å². The molecule has 3 heteroatoms. The zero-order valence-electron chi connectivity index (χ0n) is 10.8. The van der Waals surface area contributed by atoms with E-state index in [0.29, 0.717) is 0 Å². The Balaban J connectivity index is 2.64. The topological polar surface area (TPSA) is 35.2 Å². The predicted molar refractivity (Wildman–Crippen MR) is 74.5 cm³/mol. The fourth-order valence-corrected chi connectivity index (χ4v) is 3.34. The number of methoxy groups -OCH3 is 1. The molecule has 1 aromatic carbocycles. The summed E-state index contributed by atoms with van der Waals surface area (Å²) in [5, 5.41) is 0. The maximum atomic E-state index is 6.23. The van der Waals surface area contributed by atoms with Crippen molar-refractivity contribution < 1.29 is 4.74 Å². The molecule has 0 unspecified atom stereocenters. The molecule has 0 heterocycles. The van der Waals surface area contributed by atoms with Gasteiger partial charge in [-0.2, -0.15) is 0 Å². The third-order valence-electron chi connectivity index (χ3n) is 3.44. The summed E-state index contributed by atoms with van der Waals surface area (Å²) in [7, 11) is 1.71. The van der Waals surface area contributed by atoms with Crippen molar-refractivity contribution >= 4 is 15.9 Å². The van der Waals surface area contributed by atoms with E-state index in [1.807, 2.05) is 13.8 Å². The van der Waals surface area contributed by atoms with Gasteiger partial charge < -0.3 is 10.5 Å². The number of ether oxygens (including phenoxy) is 1. The number of fused-ring (bicyclic) bond motifs is 1. The van der Waals surface area contributed by atoms with Crippen LogP contribution in [0.3, 0.4) is 0 Å². The number of nitrogens with two attached hydrogens (primary N) is 1. The number of hydrogen-bond donors (Lipinski definition) is 1. The highest BCUT2D eigenvalue weighted by Gasteiger charge is 2.25. The fourth-order valence-electron chi connectivity index (χ4n) is 2.51. The molecule has 0 spiro atoms. The molecule has 2 nitrogen and oxygen atoms in total. The molecular formula is C14H20BrNO. The van der Waals surface area contributed by atoms with Crippen LogP contribution in [0, 0.1) is 0 Å². The minimum atomic E-state index is -0.375. The van der Waals surface area contributed by atoms with Crippen molar-refractivity contribution in [1.29, 1.82) is 0 Å². The molecule has 94 valence electrons. The summed E-state index contributed by atoms with van der Waals surface area (Å²) in [5.41, 5.74) is 9.78. The Hall–Kier alpha value is -0.540. The number of hydrogen-bond acceptors (Lipinski definition) is 2. The van der Waals surface area contributed by atoms with Crippen molar-refractivity contribution in [2.45, 2.75) is 45.1 Å². The minimum Gasteiger partial charge on any atom is -0.495 e. The molecule has 2 N–H and O–H groups in total. The minimum absolute atomic E-state index is 0.375. The van der Waals surface area contributed by atoms with Gasteiger partial charge in [0.25, 0.3) is 0 Å². The Bertz CT molecular complexity index is 435. The maximum absolute atomic E-state index is 6.23. The molecule has 0 aromatic heterocycles. The second-order valence-corrected chi connectivity index (χ2v) is 6.13. The SMILES string of the molecule is COc1c(C(C)(C)N)cc2c(c1Br)CCCC2. The Morgan fingerprint density at radius 3 is 2.53 bits per heavy atom. The molecule has 0 amide bonds. The highest BCUT2D eigenvalue weighted by molar-refractivity contribution is 9.10. The van der Waals surface area contributed by atoms with Crippen LogP contribution in [0.5, 0.6) is 5.75 Å². The zero-order valence-corrected chi connectivity index (χ0v) is 12.4. The normalized spacial score (nSPS) is 15.6. The maximum Gasteiger partial charge on any atom is 0.138 e. The van der Waals surface area contributed by atoms with Gasteiger partial charge in [0.15, 0.2) is 0 Å². The lowest BCUT2D eigenvalue weighted by Gasteiger charge is -2.27. The molecule has 1 aliphatic rings. The molecule has 0 bridgehead atoms. The summed E-state index contributed by atoms with van der Waals surface area (Å²) in [4.78, 5) is 0. The lowest BCUT2D eigenvalue weighted by Crippen LogP contribution is -2.30. The average Bonchev–Trinajstić information content (AvgIpc) is 2.28. The Kier molecular flexibility index (Phi) is 3.50. The van der Waals surface area contributed by atoms with Gasteiger partial charge in [0.05, 0.1) is 11.6 Å². The van der Waals surface area contributed by atoms with Gasteiger partial charge in [0.1, 0.15) is 5.75 Å². The van der Waals surface area contributed by atoms with Crippen LogP contribution in [-0.2, 0) is 18.4 Å². The monoisotopic (exact) mass is 297 g/mol. The van der Waals surface area contributed by atoms with Crippen LogP contribution < -0.4 is 10.5 Å². The summed E-state index contributed by atoms with van der Waals surface area (Å²) >= 11 is 3.69. The van der Waals surface area contributed by atoms with Crippen molar-refractivity contribution in [1.82, 2.24) is 0 Å². The zero-order chi connectivity index (χ0) is 12.6. The van der Waals surface area contributed by atoms with E-state index in [-0.39, 0.29) is 5.54 Å². The first-order valence-corrected chi connectivity index (χ1v) is 6.92. The molecule has 0 atom stereocenters. The quantitative estimate of drug-likeness (QED) is 0.906. The Labute approximate surface area is 112 Å². The van der Waals surface area contributed by atoms with Crippen molar-refractivity contribution in [3.05, 3.63) is 27.2 Å². The molecule has 0 radical (unpaired) electrons. The lowest BCUT2D eigenvalue weighted by atomic mass is 9.85. The standard InChI is InChI=1S/C14H20BrNO/c1-14(2,16)11-8-9-6-4-5-7-10(9)12(15)13(11)17-3/h8H,4-7,16H2,1-3H3. The molecule has 0 fully saturated rings. The van der Waals surface area contributed by atoms with Gasteiger partial charge in [-0.05, 0) is 72.7 Å². The second-order valence-electron chi connectivity index (χ2n) is 5.34. The largest absolute Gasteiger partial charge is 0.495 e. The second kappa shape index (κ2) is 4.62. The van der Waals surface area contributed by atoms with Crippen molar-refractivity contribution in [3.63, 3.8) is 0 Å². The summed E-state index contributed by atoms with van der Waals surface area (Å²) in [6.07, 6.45) is 4.83. The van der Waals surface area contributed by atoms with Gasteiger partial charge in [-0.25, -0.2) is 0 Å². The molecule has 1 aliphatic carbocycles. The molecule has 0 saturated heterocycles. The van der Waals surface area contributed by atoms with Gasteiger partial charge in [-0.1, -0.05) is 0 Å². The first-order chi connectivity index (χ1) is 7.95. The van der Waals surface area contributed by atoms with Crippen LogP contribution in [0.4, 0.5) is 0 Å².